The van der Waals surface area contributed by atoms with Crippen LogP contribution in [0.15, 0.2) is 28.2 Å². The van der Waals surface area contributed by atoms with Gasteiger partial charge in [-0.3, -0.25) is 14.9 Å². The molecule has 0 saturated heterocycles. The molecule has 0 bridgehead atoms. The molecule has 1 aliphatic heterocycles. The summed E-state index contributed by atoms with van der Waals surface area (Å²) in [6, 6.07) is 3.24. The van der Waals surface area contributed by atoms with Crippen LogP contribution in [0.3, 0.4) is 0 Å². The monoisotopic (exact) mass is 325 g/mol. The van der Waals surface area contributed by atoms with Crippen molar-refractivity contribution >= 4 is 35.0 Å². The number of carboxylic acids is 1. The Morgan fingerprint density at radius 1 is 1.50 bits per heavy atom. The number of nitrogens with zero attached hydrogens (tertiary/aromatic N) is 3. The number of hydrogen-bond donors (Lipinski definition) is 1. The van der Waals surface area contributed by atoms with Crippen molar-refractivity contribution in [3.05, 3.63) is 38.9 Å². The molecule has 0 aromatic heterocycles. The fourth-order valence-corrected chi connectivity index (χ4v) is 2.55. The van der Waals surface area contributed by atoms with Gasteiger partial charge in [-0.2, -0.15) is 0 Å². The summed E-state index contributed by atoms with van der Waals surface area (Å²) in [6.45, 7) is 1.53. The summed E-state index contributed by atoms with van der Waals surface area (Å²) in [5.74, 6) is -2.22. The zero-order valence-electron chi connectivity index (χ0n) is 11.7. The van der Waals surface area contributed by atoms with Crippen molar-refractivity contribution in [2.24, 2.45) is 15.9 Å². The lowest BCUT2D eigenvalue weighted by molar-refractivity contribution is -0.384. The van der Waals surface area contributed by atoms with Crippen LogP contribution in [0, 0.1) is 16.0 Å². The number of carboxylic acid groups (broad SMARTS) is 1. The van der Waals surface area contributed by atoms with Gasteiger partial charge in [0, 0.05) is 17.3 Å². The molecule has 1 aromatic rings. The highest BCUT2D eigenvalue weighted by atomic mass is 35.5. The second kappa shape index (κ2) is 6.10. The Hall–Kier alpha value is -2.48. The first-order valence-corrected chi connectivity index (χ1v) is 6.57. The molecule has 22 heavy (non-hydrogen) atoms. The lowest BCUT2D eigenvalue weighted by Gasteiger charge is -2.25. The van der Waals surface area contributed by atoms with Crippen LogP contribution in [0.25, 0.3) is 0 Å². The molecular weight excluding hydrogens is 314 g/mol. The second-order valence-electron chi connectivity index (χ2n) is 4.57. The van der Waals surface area contributed by atoms with Crippen molar-refractivity contribution in [1.82, 2.24) is 0 Å². The predicted octanol–water partition coefficient (Wildman–Crippen LogP) is 2.47. The fraction of sp³-hybridized carbons (Fsp3) is 0.308. The molecule has 2 rings (SSSR count). The Labute approximate surface area is 130 Å². The van der Waals surface area contributed by atoms with E-state index in [1.807, 2.05) is 0 Å². The average Bonchev–Trinajstić information content (AvgIpc) is 2.45. The van der Waals surface area contributed by atoms with Gasteiger partial charge in [0.2, 0.25) is 0 Å². The maximum Gasteiger partial charge on any atom is 0.314 e. The van der Waals surface area contributed by atoms with E-state index in [-0.39, 0.29) is 28.0 Å². The van der Waals surface area contributed by atoms with Crippen LogP contribution >= 0.6 is 11.6 Å². The standard InChI is InChI=1S/C13H12ClN3O5/c1-6-9(12(18)19)11(16-13(15-6)22-2)7-4-3-5-8(10(7)14)17(20)21/h3-5,9,11H,1-2H3,(H,18,19). The summed E-state index contributed by atoms with van der Waals surface area (Å²) in [5, 5.41) is 20.2. The van der Waals surface area contributed by atoms with Gasteiger partial charge < -0.3 is 9.84 Å². The molecule has 0 saturated carbocycles. The first-order chi connectivity index (χ1) is 10.4. The first kappa shape index (κ1) is 15.9. The van der Waals surface area contributed by atoms with Crippen molar-refractivity contribution in [3.8, 4) is 0 Å². The maximum absolute atomic E-state index is 11.5. The van der Waals surface area contributed by atoms with E-state index in [9.17, 15) is 20.0 Å². The number of carbonyl (C=O) groups is 1. The van der Waals surface area contributed by atoms with Gasteiger partial charge in [0.15, 0.2) is 0 Å². The molecule has 2 unspecified atom stereocenters. The molecule has 1 heterocycles. The summed E-state index contributed by atoms with van der Waals surface area (Å²) in [4.78, 5) is 29.9. The van der Waals surface area contributed by atoms with Gasteiger partial charge >= 0.3 is 12.0 Å². The van der Waals surface area contributed by atoms with Gasteiger partial charge in [-0.05, 0) is 6.92 Å². The quantitative estimate of drug-likeness (QED) is 0.677. The summed E-state index contributed by atoms with van der Waals surface area (Å²) < 4.78 is 4.95. The molecule has 2 atom stereocenters. The number of benzene rings is 1. The Kier molecular flexibility index (Phi) is 4.41. The van der Waals surface area contributed by atoms with E-state index in [1.54, 1.807) is 0 Å². The maximum atomic E-state index is 11.5. The number of nitro benzene ring substituents is 1. The Morgan fingerprint density at radius 3 is 2.73 bits per heavy atom. The molecule has 116 valence electrons. The minimum Gasteiger partial charge on any atom is -0.481 e. The predicted molar refractivity (Wildman–Crippen MR) is 79.5 cm³/mol. The number of hydrogen-bond acceptors (Lipinski definition) is 6. The molecule has 1 N–H and O–H groups in total. The minimum atomic E-state index is -1.15. The molecule has 1 aliphatic rings. The molecule has 9 heteroatoms. The lowest BCUT2D eigenvalue weighted by Crippen LogP contribution is -2.32. The number of methoxy groups -OCH3 is 1. The first-order valence-electron chi connectivity index (χ1n) is 6.19. The number of halogens is 1. The highest BCUT2D eigenvalue weighted by Crippen LogP contribution is 2.38. The topological polar surface area (TPSA) is 114 Å². The molecule has 0 spiro atoms. The number of nitro groups is 1. The zero-order chi connectivity index (χ0) is 16.4. The number of amidine groups is 1. The van der Waals surface area contributed by atoms with Crippen molar-refractivity contribution in [2.45, 2.75) is 13.0 Å². The molecule has 1 aromatic carbocycles. The fourth-order valence-electron chi connectivity index (χ4n) is 2.24. The Morgan fingerprint density at radius 2 is 2.18 bits per heavy atom. The van der Waals surface area contributed by atoms with E-state index in [0.29, 0.717) is 0 Å². The van der Waals surface area contributed by atoms with Gasteiger partial charge in [-0.15, -0.1) is 0 Å². The SMILES string of the molecule is COC1=NC(c2cccc([N+](=O)[O-])c2Cl)C(C(=O)O)C(C)=N1. The molecule has 0 radical (unpaired) electrons. The van der Waals surface area contributed by atoms with Crippen LogP contribution in [-0.2, 0) is 9.53 Å². The molecule has 0 aliphatic carbocycles. The lowest BCUT2D eigenvalue weighted by atomic mass is 9.89. The van der Waals surface area contributed by atoms with Crippen LogP contribution in [0.5, 0.6) is 0 Å². The Bertz CT molecular complexity index is 701. The van der Waals surface area contributed by atoms with E-state index < -0.39 is 22.9 Å². The molecular formula is C13H12ClN3O5. The van der Waals surface area contributed by atoms with Gasteiger partial charge in [0.1, 0.15) is 17.0 Å². The van der Waals surface area contributed by atoms with Gasteiger partial charge in [0.25, 0.3) is 5.69 Å². The number of aliphatic carboxylic acids is 1. The summed E-state index contributed by atoms with van der Waals surface area (Å²) in [5.41, 5.74) is 0.219. The van der Waals surface area contributed by atoms with E-state index in [4.69, 9.17) is 16.3 Å². The van der Waals surface area contributed by atoms with Crippen LogP contribution in [-0.4, -0.2) is 34.8 Å². The zero-order valence-corrected chi connectivity index (χ0v) is 12.4. The van der Waals surface area contributed by atoms with E-state index in [2.05, 4.69) is 9.98 Å². The third-order valence-electron chi connectivity index (χ3n) is 3.26. The normalized spacial score (nSPS) is 20.9. The van der Waals surface area contributed by atoms with E-state index in [1.165, 1.54) is 32.2 Å². The van der Waals surface area contributed by atoms with Crippen LogP contribution in [0.2, 0.25) is 5.02 Å². The summed E-state index contributed by atoms with van der Waals surface area (Å²) in [7, 11) is 1.35. The van der Waals surface area contributed by atoms with Gasteiger partial charge in [0.05, 0.1) is 12.0 Å². The molecule has 8 nitrogen and oxygen atoms in total. The molecule has 0 amide bonds. The largest absolute Gasteiger partial charge is 0.481 e. The van der Waals surface area contributed by atoms with Crippen molar-refractivity contribution in [2.75, 3.05) is 7.11 Å². The third-order valence-corrected chi connectivity index (χ3v) is 3.67. The van der Waals surface area contributed by atoms with E-state index in [0.717, 1.165) is 0 Å². The van der Waals surface area contributed by atoms with Crippen molar-refractivity contribution in [1.29, 1.82) is 0 Å². The van der Waals surface area contributed by atoms with Crippen LogP contribution < -0.4 is 0 Å². The van der Waals surface area contributed by atoms with Crippen LogP contribution in [0.4, 0.5) is 5.69 Å². The summed E-state index contributed by atoms with van der Waals surface area (Å²) >= 11 is 6.06. The number of ether oxygens (including phenoxy) is 1. The average molecular weight is 326 g/mol. The number of rotatable bonds is 3. The van der Waals surface area contributed by atoms with Crippen molar-refractivity contribution in [3.63, 3.8) is 0 Å². The third kappa shape index (κ3) is 2.77. The van der Waals surface area contributed by atoms with Crippen LogP contribution in [0.1, 0.15) is 18.5 Å². The van der Waals surface area contributed by atoms with Gasteiger partial charge in [-0.1, -0.05) is 23.7 Å². The van der Waals surface area contributed by atoms with Crippen molar-refractivity contribution < 1.29 is 19.6 Å². The smallest absolute Gasteiger partial charge is 0.314 e. The second-order valence-corrected chi connectivity index (χ2v) is 4.95. The highest BCUT2D eigenvalue weighted by molar-refractivity contribution is 6.33. The highest BCUT2D eigenvalue weighted by Gasteiger charge is 2.37. The Balaban J connectivity index is 2.60. The molecule has 0 fully saturated rings. The minimum absolute atomic E-state index is 0.00238. The number of aliphatic imine (C=N–C) groups is 2. The summed E-state index contributed by atoms with van der Waals surface area (Å²) in [6.07, 6.45) is 0. The van der Waals surface area contributed by atoms with Gasteiger partial charge in [-0.25, -0.2) is 9.98 Å². The van der Waals surface area contributed by atoms with E-state index >= 15 is 0 Å².